The normalized spacial score (nSPS) is 14.9. The van der Waals surface area contributed by atoms with Gasteiger partial charge in [-0.25, -0.2) is 9.18 Å². The number of anilines is 1. The highest BCUT2D eigenvalue weighted by Crippen LogP contribution is 2.15. The van der Waals surface area contributed by atoms with Crippen molar-refractivity contribution in [3.63, 3.8) is 0 Å². The van der Waals surface area contributed by atoms with Gasteiger partial charge in [0.1, 0.15) is 5.82 Å². The van der Waals surface area contributed by atoms with E-state index in [1.807, 2.05) is 11.8 Å². The number of carbonyl (C=O) groups excluding carboxylic acids is 2. The van der Waals surface area contributed by atoms with Crippen LogP contribution in [0.1, 0.15) is 15.9 Å². The van der Waals surface area contributed by atoms with Gasteiger partial charge in [-0.05, 0) is 43.3 Å². The average Bonchev–Trinajstić information content (AvgIpc) is 2.66. The van der Waals surface area contributed by atoms with Gasteiger partial charge in [-0.3, -0.25) is 9.69 Å². The Morgan fingerprint density at radius 2 is 1.74 bits per heavy atom. The van der Waals surface area contributed by atoms with E-state index in [0.717, 1.165) is 5.56 Å². The van der Waals surface area contributed by atoms with Crippen molar-refractivity contribution in [2.45, 2.75) is 6.92 Å². The van der Waals surface area contributed by atoms with Gasteiger partial charge in [0.15, 0.2) is 5.78 Å². The van der Waals surface area contributed by atoms with E-state index < -0.39 is 5.82 Å². The summed E-state index contributed by atoms with van der Waals surface area (Å²) >= 11 is 5.84. The van der Waals surface area contributed by atoms with Crippen LogP contribution in [0.2, 0.25) is 5.02 Å². The molecule has 2 amide bonds. The van der Waals surface area contributed by atoms with Crippen LogP contribution in [0.4, 0.5) is 14.9 Å². The van der Waals surface area contributed by atoms with Crippen molar-refractivity contribution >= 4 is 29.1 Å². The van der Waals surface area contributed by atoms with Crippen LogP contribution in [0.25, 0.3) is 0 Å². The van der Waals surface area contributed by atoms with E-state index in [4.69, 9.17) is 11.6 Å². The summed E-state index contributed by atoms with van der Waals surface area (Å²) in [6.07, 6.45) is 0. The molecule has 1 N–H and O–H groups in total. The van der Waals surface area contributed by atoms with E-state index in [1.165, 1.54) is 6.07 Å². The molecule has 7 heteroatoms. The lowest BCUT2D eigenvalue weighted by Gasteiger charge is -2.34. The van der Waals surface area contributed by atoms with Crippen molar-refractivity contribution in [3.8, 4) is 0 Å². The summed E-state index contributed by atoms with van der Waals surface area (Å²) in [7, 11) is 0. The number of aryl methyl sites for hydroxylation is 1. The maximum Gasteiger partial charge on any atom is 0.321 e. The first-order valence-electron chi connectivity index (χ1n) is 8.75. The van der Waals surface area contributed by atoms with Crippen LogP contribution >= 0.6 is 11.6 Å². The van der Waals surface area contributed by atoms with E-state index in [0.29, 0.717) is 36.9 Å². The number of urea groups is 1. The molecule has 1 saturated heterocycles. The first kappa shape index (κ1) is 19.3. The van der Waals surface area contributed by atoms with E-state index in [1.54, 1.807) is 41.3 Å². The SMILES string of the molecule is Cc1ccc(F)c(C(=O)CN2CCN(C(=O)Nc3ccc(Cl)cc3)CC2)c1. The Hall–Kier alpha value is -2.44. The second-order valence-electron chi connectivity index (χ2n) is 6.61. The molecule has 0 saturated carbocycles. The zero-order valence-corrected chi connectivity index (χ0v) is 15.8. The lowest BCUT2D eigenvalue weighted by atomic mass is 10.1. The molecule has 2 aromatic carbocycles. The quantitative estimate of drug-likeness (QED) is 0.809. The van der Waals surface area contributed by atoms with Crippen LogP contribution in [0.3, 0.4) is 0 Å². The monoisotopic (exact) mass is 389 g/mol. The molecule has 0 aromatic heterocycles. The molecule has 1 aliphatic heterocycles. The predicted octanol–water partition coefficient (Wildman–Crippen LogP) is 3.82. The standard InChI is InChI=1S/C20H21ClFN3O2/c1-14-2-7-18(22)17(12-14)19(26)13-24-8-10-25(11-9-24)20(27)23-16-5-3-15(21)4-6-16/h2-7,12H,8-11,13H2,1H3,(H,23,27). The second kappa shape index (κ2) is 8.50. The van der Waals surface area contributed by atoms with Gasteiger partial charge in [0.25, 0.3) is 0 Å². The molecule has 0 aliphatic carbocycles. The number of ketones is 1. The lowest BCUT2D eigenvalue weighted by molar-refractivity contribution is 0.0880. The Morgan fingerprint density at radius 1 is 1.07 bits per heavy atom. The number of rotatable bonds is 4. The van der Waals surface area contributed by atoms with Crippen molar-refractivity contribution in [2.24, 2.45) is 0 Å². The van der Waals surface area contributed by atoms with E-state index in [9.17, 15) is 14.0 Å². The first-order valence-corrected chi connectivity index (χ1v) is 9.13. The fraction of sp³-hybridized carbons (Fsp3) is 0.300. The van der Waals surface area contributed by atoms with Crippen molar-refractivity contribution in [1.82, 2.24) is 9.80 Å². The van der Waals surface area contributed by atoms with E-state index in [2.05, 4.69) is 5.32 Å². The Bertz CT molecular complexity index is 834. The highest BCUT2D eigenvalue weighted by atomic mass is 35.5. The minimum atomic E-state index is -0.494. The molecule has 0 spiro atoms. The van der Waals surface area contributed by atoms with Crippen LogP contribution in [-0.2, 0) is 0 Å². The van der Waals surface area contributed by atoms with Crippen molar-refractivity contribution < 1.29 is 14.0 Å². The summed E-state index contributed by atoms with van der Waals surface area (Å²) in [6, 6.07) is 11.3. The molecule has 0 radical (unpaired) electrons. The summed E-state index contributed by atoms with van der Waals surface area (Å²) in [5, 5.41) is 3.44. The Labute approximate surface area is 162 Å². The summed E-state index contributed by atoms with van der Waals surface area (Å²) in [4.78, 5) is 28.4. The molecule has 1 aliphatic rings. The topological polar surface area (TPSA) is 52.7 Å². The third-order valence-corrected chi connectivity index (χ3v) is 4.80. The van der Waals surface area contributed by atoms with Crippen LogP contribution in [-0.4, -0.2) is 54.3 Å². The van der Waals surface area contributed by atoms with Crippen molar-refractivity contribution in [3.05, 3.63) is 64.4 Å². The molecule has 1 fully saturated rings. The maximum absolute atomic E-state index is 13.9. The third kappa shape index (κ3) is 5.05. The van der Waals surface area contributed by atoms with Crippen LogP contribution in [0, 0.1) is 12.7 Å². The lowest BCUT2D eigenvalue weighted by Crippen LogP contribution is -2.51. The van der Waals surface area contributed by atoms with E-state index in [-0.39, 0.29) is 23.9 Å². The molecule has 0 bridgehead atoms. The summed E-state index contributed by atoms with van der Waals surface area (Å²) in [6.45, 7) is 4.10. The molecular weight excluding hydrogens is 369 g/mol. The zero-order chi connectivity index (χ0) is 19.4. The largest absolute Gasteiger partial charge is 0.322 e. The van der Waals surface area contributed by atoms with Gasteiger partial charge in [0, 0.05) is 36.9 Å². The number of carbonyl (C=O) groups is 2. The van der Waals surface area contributed by atoms with Gasteiger partial charge >= 0.3 is 6.03 Å². The fourth-order valence-corrected chi connectivity index (χ4v) is 3.11. The molecule has 5 nitrogen and oxygen atoms in total. The fourth-order valence-electron chi connectivity index (χ4n) is 2.99. The highest BCUT2D eigenvalue weighted by molar-refractivity contribution is 6.30. The number of nitrogens with one attached hydrogen (secondary N) is 1. The number of Topliss-reactive ketones (excluding diaryl/α,β-unsaturated/α-hetero) is 1. The average molecular weight is 390 g/mol. The van der Waals surface area contributed by atoms with Gasteiger partial charge in [0.05, 0.1) is 12.1 Å². The van der Waals surface area contributed by atoms with Crippen molar-refractivity contribution in [1.29, 1.82) is 0 Å². The number of hydrogen-bond acceptors (Lipinski definition) is 3. The second-order valence-corrected chi connectivity index (χ2v) is 7.04. The Morgan fingerprint density at radius 3 is 2.41 bits per heavy atom. The Kier molecular flexibility index (Phi) is 6.08. The number of benzene rings is 2. The molecule has 0 unspecified atom stereocenters. The predicted molar refractivity (Wildman–Crippen MR) is 104 cm³/mol. The summed E-state index contributed by atoms with van der Waals surface area (Å²) < 4.78 is 13.9. The maximum atomic E-state index is 13.9. The van der Waals surface area contributed by atoms with E-state index >= 15 is 0 Å². The smallest absolute Gasteiger partial charge is 0.321 e. The summed E-state index contributed by atoms with van der Waals surface area (Å²) in [5.41, 5.74) is 1.65. The van der Waals surface area contributed by atoms with Crippen LogP contribution in [0.5, 0.6) is 0 Å². The molecule has 142 valence electrons. The molecule has 3 rings (SSSR count). The minimum absolute atomic E-state index is 0.123. The molecule has 1 heterocycles. The van der Waals surface area contributed by atoms with Gasteiger partial charge < -0.3 is 10.2 Å². The van der Waals surface area contributed by atoms with Gasteiger partial charge in [-0.15, -0.1) is 0 Å². The number of amides is 2. The third-order valence-electron chi connectivity index (χ3n) is 4.54. The highest BCUT2D eigenvalue weighted by Gasteiger charge is 2.23. The number of piperazine rings is 1. The van der Waals surface area contributed by atoms with Crippen LogP contribution in [0.15, 0.2) is 42.5 Å². The van der Waals surface area contributed by atoms with Gasteiger partial charge in [0.2, 0.25) is 0 Å². The number of halogens is 2. The van der Waals surface area contributed by atoms with Crippen LogP contribution < -0.4 is 5.32 Å². The Balaban J connectivity index is 1.51. The molecule has 0 atom stereocenters. The minimum Gasteiger partial charge on any atom is -0.322 e. The van der Waals surface area contributed by atoms with Gasteiger partial charge in [-0.2, -0.15) is 0 Å². The molecular formula is C20H21ClFN3O2. The molecule has 2 aromatic rings. The molecule has 27 heavy (non-hydrogen) atoms. The number of nitrogens with zero attached hydrogens (tertiary/aromatic N) is 2. The van der Waals surface area contributed by atoms with Gasteiger partial charge in [-0.1, -0.05) is 23.2 Å². The zero-order valence-electron chi connectivity index (χ0n) is 15.0. The first-order chi connectivity index (χ1) is 12.9. The van der Waals surface area contributed by atoms with Crippen molar-refractivity contribution in [2.75, 3.05) is 38.0 Å². The summed E-state index contributed by atoms with van der Waals surface area (Å²) in [5.74, 6) is -0.734. The number of hydrogen-bond donors (Lipinski definition) is 1.